The van der Waals surface area contributed by atoms with Gasteiger partial charge in [0.1, 0.15) is 30.5 Å². The van der Waals surface area contributed by atoms with E-state index in [1.165, 1.54) is 23.1 Å². The number of aliphatic hydroxyl groups excluding tert-OH is 1. The molecule has 38 heavy (non-hydrogen) atoms. The van der Waals surface area contributed by atoms with Crippen LogP contribution in [0.1, 0.15) is 24.1 Å². The van der Waals surface area contributed by atoms with E-state index in [0.29, 0.717) is 58.4 Å². The molecule has 192 valence electrons. The number of fused-ring (bicyclic) bond motifs is 2. The third-order valence-electron chi connectivity index (χ3n) is 6.31. The molecule has 3 heterocycles. The van der Waals surface area contributed by atoms with Crippen LogP contribution in [-0.2, 0) is 9.59 Å². The molecular formula is C28H21FN2O6S. The summed E-state index contributed by atoms with van der Waals surface area (Å²) in [6.45, 7) is 3.11. The highest BCUT2D eigenvalue weighted by Gasteiger charge is 2.48. The van der Waals surface area contributed by atoms with Gasteiger partial charge in [-0.05, 0) is 61.0 Å². The number of hydrogen-bond donors (Lipinski definition) is 1. The summed E-state index contributed by atoms with van der Waals surface area (Å²) >= 11 is 1.09. The van der Waals surface area contributed by atoms with Crippen molar-refractivity contribution in [3.63, 3.8) is 0 Å². The fraction of sp³-hybridized carbons (Fsp3) is 0.179. The summed E-state index contributed by atoms with van der Waals surface area (Å²) in [5.74, 6) is -0.914. The topological polar surface area (TPSA) is 98.2 Å². The van der Waals surface area contributed by atoms with Gasteiger partial charge in [0, 0.05) is 5.56 Å². The van der Waals surface area contributed by atoms with E-state index in [1.54, 1.807) is 42.5 Å². The summed E-state index contributed by atoms with van der Waals surface area (Å²) < 4.78 is 31.1. The van der Waals surface area contributed by atoms with Crippen LogP contribution < -0.4 is 19.1 Å². The summed E-state index contributed by atoms with van der Waals surface area (Å²) in [6.07, 6.45) is 0. The Labute approximate surface area is 220 Å². The van der Waals surface area contributed by atoms with Crippen molar-refractivity contribution >= 4 is 44.1 Å². The molecule has 1 aromatic heterocycles. The van der Waals surface area contributed by atoms with Crippen LogP contribution in [0.3, 0.4) is 0 Å². The maximum atomic E-state index is 13.9. The van der Waals surface area contributed by atoms with E-state index in [0.717, 1.165) is 11.3 Å². The number of carbonyl (C=O) groups is 2. The highest BCUT2D eigenvalue weighted by molar-refractivity contribution is 7.22. The number of ether oxygens (including phenoxy) is 3. The van der Waals surface area contributed by atoms with Crippen LogP contribution in [0.15, 0.2) is 66.2 Å². The third kappa shape index (κ3) is 4.03. The van der Waals surface area contributed by atoms with E-state index < -0.39 is 23.5 Å². The van der Waals surface area contributed by atoms with Crippen LogP contribution in [0.2, 0.25) is 0 Å². The van der Waals surface area contributed by atoms with Gasteiger partial charge in [-0.15, -0.1) is 0 Å². The van der Waals surface area contributed by atoms with Crippen LogP contribution in [0.4, 0.5) is 9.52 Å². The molecular weight excluding hydrogens is 511 g/mol. The summed E-state index contributed by atoms with van der Waals surface area (Å²) in [6, 6.07) is 14.9. The van der Waals surface area contributed by atoms with Crippen molar-refractivity contribution in [3.05, 3.63) is 83.2 Å². The minimum atomic E-state index is -0.982. The summed E-state index contributed by atoms with van der Waals surface area (Å²) in [4.78, 5) is 32.6. The molecule has 0 saturated carbocycles. The Morgan fingerprint density at radius 1 is 1.08 bits per heavy atom. The lowest BCUT2D eigenvalue weighted by Gasteiger charge is -2.23. The van der Waals surface area contributed by atoms with Crippen LogP contribution in [0, 0.1) is 5.82 Å². The molecule has 0 bridgehead atoms. The van der Waals surface area contributed by atoms with Crippen molar-refractivity contribution in [2.45, 2.75) is 13.0 Å². The number of hydrogen-bond acceptors (Lipinski definition) is 8. The number of ketones is 1. The lowest BCUT2D eigenvalue weighted by Crippen LogP contribution is -2.29. The highest BCUT2D eigenvalue weighted by Crippen LogP contribution is 2.45. The Bertz CT molecular complexity index is 1610. The van der Waals surface area contributed by atoms with Gasteiger partial charge < -0.3 is 19.3 Å². The van der Waals surface area contributed by atoms with Crippen molar-refractivity contribution in [1.29, 1.82) is 0 Å². The maximum Gasteiger partial charge on any atom is 0.301 e. The van der Waals surface area contributed by atoms with E-state index in [4.69, 9.17) is 14.2 Å². The maximum absolute atomic E-state index is 13.9. The Balaban J connectivity index is 1.52. The lowest BCUT2D eigenvalue weighted by atomic mass is 9.95. The van der Waals surface area contributed by atoms with E-state index in [1.807, 2.05) is 6.92 Å². The van der Waals surface area contributed by atoms with Crippen LogP contribution in [0.25, 0.3) is 16.0 Å². The molecule has 10 heteroatoms. The molecule has 1 atom stereocenters. The number of aromatic nitrogens is 1. The van der Waals surface area contributed by atoms with Crippen molar-refractivity contribution in [2.24, 2.45) is 0 Å². The smallest absolute Gasteiger partial charge is 0.301 e. The molecule has 1 unspecified atom stereocenters. The quantitative estimate of drug-likeness (QED) is 0.213. The highest BCUT2D eigenvalue weighted by atomic mass is 32.1. The van der Waals surface area contributed by atoms with Gasteiger partial charge >= 0.3 is 5.91 Å². The second-order valence-electron chi connectivity index (χ2n) is 8.64. The number of amides is 1. The van der Waals surface area contributed by atoms with E-state index in [-0.39, 0.29) is 16.5 Å². The van der Waals surface area contributed by atoms with Crippen molar-refractivity contribution < 1.29 is 33.3 Å². The van der Waals surface area contributed by atoms with Crippen LogP contribution in [0.5, 0.6) is 17.2 Å². The van der Waals surface area contributed by atoms with Gasteiger partial charge in [0.25, 0.3) is 5.78 Å². The number of Topliss-reactive ketones (excluding diaryl/α,β-unsaturated/α-hetero) is 1. The van der Waals surface area contributed by atoms with Gasteiger partial charge in [0.15, 0.2) is 16.6 Å². The molecule has 0 radical (unpaired) electrons. The van der Waals surface area contributed by atoms with Crippen molar-refractivity contribution in [2.75, 3.05) is 24.7 Å². The summed E-state index contributed by atoms with van der Waals surface area (Å²) in [7, 11) is 0. The largest absolute Gasteiger partial charge is 0.507 e. The first kappa shape index (κ1) is 23.9. The van der Waals surface area contributed by atoms with Gasteiger partial charge in [-0.2, -0.15) is 0 Å². The second kappa shape index (κ2) is 9.46. The second-order valence-corrected chi connectivity index (χ2v) is 9.65. The fourth-order valence-corrected chi connectivity index (χ4v) is 5.61. The molecule has 1 fully saturated rings. The number of thiazole rings is 1. The number of carbonyl (C=O) groups excluding carboxylic acids is 2. The molecule has 1 amide bonds. The molecule has 0 aliphatic carbocycles. The van der Waals surface area contributed by atoms with Gasteiger partial charge in [-0.1, -0.05) is 23.5 Å². The van der Waals surface area contributed by atoms with Crippen molar-refractivity contribution in [3.8, 4) is 17.2 Å². The molecule has 8 nitrogen and oxygen atoms in total. The predicted molar refractivity (Wildman–Crippen MR) is 139 cm³/mol. The number of anilines is 1. The van der Waals surface area contributed by atoms with Gasteiger partial charge in [0.05, 0.1) is 28.4 Å². The molecule has 1 saturated heterocycles. The zero-order valence-electron chi connectivity index (χ0n) is 20.1. The molecule has 2 aliphatic heterocycles. The van der Waals surface area contributed by atoms with Crippen LogP contribution >= 0.6 is 11.3 Å². The van der Waals surface area contributed by atoms with E-state index in [2.05, 4.69) is 4.98 Å². The van der Waals surface area contributed by atoms with Gasteiger partial charge in [-0.25, -0.2) is 9.37 Å². The Morgan fingerprint density at radius 3 is 2.61 bits per heavy atom. The SMILES string of the molecule is CCOc1ccc(C2C(=C(O)c3ccc4c(c3)OCCO4)C(=O)C(=O)N2c2nc3ccc(F)cc3s2)cc1. The first-order chi connectivity index (χ1) is 18.4. The normalized spacial score (nSPS) is 18.3. The number of benzene rings is 3. The number of nitrogens with zero attached hydrogens (tertiary/aromatic N) is 2. The van der Waals surface area contributed by atoms with Crippen molar-refractivity contribution in [1.82, 2.24) is 4.98 Å². The van der Waals surface area contributed by atoms with E-state index >= 15 is 0 Å². The first-order valence-corrected chi connectivity index (χ1v) is 12.8. The molecule has 6 rings (SSSR count). The molecule has 1 N–H and O–H groups in total. The number of halogens is 1. The third-order valence-corrected chi connectivity index (χ3v) is 7.33. The molecule has 4 aromatic rings. The minimum absolute atomic E-state index is 0.0960. The summed E-state index contributed by atoms with van der Waals surface area (Å²) in [5.41, 5.74) is 1.26. The minimum Gasteiger partial charge on any atom is -0.507 e. The lowest BCUT2D eigenvalue weighted by molar-refractivity contribution is -0.132. The van der Waals surface area contributed by atoms with Gasteiger partial charge in [0.2, 0.25) is 0 Å². The molecule has 3 aromatic carbocycles. The Morgan fingerprint density at radius 2 is 1.84 bits per heavy atom. The zero-order chi connectivity index (χ0) is 26.4. The van der Waals surface area contributed by atoms with E-state index in [9.17, 15) is 19.1 Å². The summed E-state index contributed by atoms with van der Waals surface area (Å²) in [5, 5.41) is 11.6. The number of rotatable bonds is 5. The van der Waals surface area contributed by atoms with Crippen LogP contribution in [-0.4, -0.2) is 41.6 Å². The first-order valence-electron chi connectivity index (χ1n) is 11.9. The fourth-order valence-electron chi connectivity index (χ4n) is 4.59. The Kier molecular flexibility index (Phi) is 5.96. The molecule has 2 aliphatic rings. The number of aliphatic hydroxyl groups is 1. The monoisotopic (exact) mass is 532 g/mol. The van der Waals surface area contributed by atoms with Gasteiger partial charge in [-0.3, -0.25) is 14.5 Å². The Hall–Kier alpha value is -4.44. The standard InChI is InChI=1S/C28H21FN2O6S/c1-2-35-18-7-3-15(4-8-18)24-23(25(32)16-5-10-20-21(13-16)37-12-11-36-20)26(33)27(34)31(24)28-30-19-9-6-17(29)14-22(19)38-28/h3-10,13-14,24,32H,2,11-12H2,1H3. The zero-order valence-corrected chi connectivity index (χ0v) is 21.0. The average Bonchev–Trinajstić information content (AvgIpc) is 3.46. The molecule has 0 spiro atoms. The average molecular weight is 533 g/mol. The predicted octanol–water partition coefficient (Wildman–Crippen LogP) is 5.23.